The number of rotatable bonds is 2. The van der Waals surface area contributed by atoms with E-state index in [2.05, 4.69) is 16.1 Å². The van der Waals surface area contributed by atoms with Gasteiger partial charge in [-0.05, 0) is 18.6 Å². The Morgan fingerprint density at radius 2 is 2.45 bits per heavy atom. The third kappa shape index (κ3) is 2.08. The van der Waals surface area contributed by atoms with E-state index in [4.69, 9.17) is 0 Å². The van der Waals surface area contributed by atoms with Crippen LogP contribution in [0.2, 0.25) is 0 Å². The molecule has 0 N–H and O–H groups in total. The van der Waals surface area contributed by atoms with Gasteiger partial charge in [0.2, 0.25) is 0 Å². The quantitative estimate of drug-likeness (QED) is 0.462. The molecule has 0 bridgehead atoms. The van der Waals surface area contributed by atoms with Crippen molar-refractivity contribution in [2.45, 2.75) is 6.92 Å². The van der Waals surface area contributed by atoms with Gasteiger partial charge in [0.15, 0.2) is 0 Å². The van der Waals surface area contributed by atoms with Crippen molar-refractivity contribution in [1.82, 2.24) is 0 Å². The lowest BCUT2D eigenvalue weighted by Crippen LogP contribution is -1.86. The van der Waals surface area contributed by atoms with Crippen LogP contribution in [0.1, 0.15) is 11.1 Å². The Bertz CT molecular complexity index is 255. The molecule has 1 aromatic carbocycles. The molecule has 0 aliphatic rings. The van der Waals surface area contributed by atoms with Crippen LogP contribution >= 0.6 is 0 Å². The Labute approximate surface area is 66.5 Å². The van der Waals surface area contributed by atoms with Crippen molar-refractivity contribution in [3.8, 4) is 0 Å². The third-order valence-electron chi connectivity index (χ3n) is 1.39. The predicted molar refractivity (Wildman–Crippen MR) is 44.6 cm³/mol. The summed E-state index contributed by atoms with van der Waals surface area (Å²) < 4.78 is 0. The number of aryl methyl sites for hydroxylation is 1. The molecule has 11 heavy (non-hydrogen) atoms. The second-order valence-corrected chi connectivity index (χ2v) is 2.18. The monoisotopic (exact) mass is 148 g/mol. The van der Waals surface area contributed by atoms with Gasteiger partial charge in [0.25, 0.3) is 0 Å². The van der Waals surface area contributed by atoms with Crippen LogP contribution in [0, 0.1) is 13.0 Å². The van der Waals surface area contributed by atoms with Gasteiger partial charge >= 0.3 is 0 Å². The first kappa shape index (κ1) is 7.79. The standard InChI is InChI=1S/C9H10NO/c1-8-5-3-4-6-9(8)7-10-11-2/h3-5,7H,1-2H3/b10-7+. The van der Waals surface area contributed by atoms with E-state index in [0.717, 1.165) is 11.1 Å². The molecular weight excluding hydrogens is 138 g/mol. The maximum absolute atomic E-state index is 4.55. The first-order chi connectivity index (χ1) is 5.34. The van der Waals surface area contributed by atoms with Gasteiger partial charge in [-0.15, -0.1) is 0 Å². The molecular formula is C9H10NO. The Hall–Kier alpha value is -1.31. The van der Waals surface area contributed by atoms with Gasteiger partial charge in [0.05, 0.1) is 6.21 Å². The highest BCUT2D eigenvalue weighted by Crippen LogP contribution is 2.02. The van der Waals surface area contributed by atoms with Crippen molar-refractivity contribution in [1.29, 1.82) is 0 Å². The molecule has 0 amide bonds. The first-order valence-electron chi connectivity index (χ1n) is 3.38. The largest absolute Gasteiger partial charge is 0.399 e. The van der Waals surface area contributed by atoms with Crippen LogP contribution in [-0.4, -0.2) is 13.3 Å². The molecule has 1 aromatic rings. The highest BCUT2D eigenvalue weighted by Gasteiger charge is 1.90. The van der Waals surface area contributed by atoms with Crippen LogP contribution in [0.3, 0.4) is 0 Å². The summed E-state index contributed by atoms with van der Waals surface area (Å²) in [6, 6.07) is 8.84. The maximum atomic E-state index is 4.55. The molecule has 0 saturated heterocycles. The summed E-state index contributed by atoms with van der Waals surface area (Å²) >= 11 is 0. The van der Waals surface area contributed by atoms with Crippen LogP contribution in [0.5, 0.6) is 0 Å². The lowest BCUT2D eigenvalue weighted by Gasteiger charge is -1.95. The zero-order valence-corrected chi connectivity index (χ0v) is 6.66. The molecule has 0 atom stereocenters. The highest BCUT2D eigenvalue weighted by molar-refractivity contribution is 5.80. The fourth-order valence-corrected chi connectivity index (χ4v) is 0.778. The summed E-state index contributed by atoms with van der Waals surface area (Å²) in [5.41, 5.74) is 2.11. The first-order valence-corrected chi connectivity index (χ1v) is 3.38. The minimum atomic E-state index is 0.967. The normalized spacial score (nSPS) is 10.4. The van der Waals surface area contributed by atoms with E-state index in [1.807, 2.05) is 25.1 Å². The molecule has 1 rings (SSSR count). The summed E-state index contributed by atoms with van der Waals surface area (Å²) in [4.78, 5) is 4.55. The average molecular weight is 148 g/mol. The number of benzene rings is 1. The van der Waals surface area contributed by atoms with Crippen LogP contribution in [-0.2, 0) is 4.84 Å². The van der Waals surface area contributed by atoms with Gasteiger partial charge in [-0.1, -0.05) is 23.4 Å². The molecule has 0 saturated carbocycles. The molecule has 0 aliphatic heterocycles. The van der Waals surface area contributed by atoms with Crippen molar-refractivity contribution in [2.24, 2.45) is 5.16 Å². The Balaban J connectivity index is 2.86. The van der Waals surface area contributed by atoms with Gasteiger partial charge in [-0.2, -0.15) is 0 Å². The van der Waals surface area contributed by atoms with Crippen molar-refractivity contribution in [3.63, 3.8) is 0 Å². The van der Waals surface area contributed by atoms with Gasteiger partial charge in [0, 0.05) is 5.56 Å². The van der Waals surface area contributed by atoms with E-state index in [0.29, 0.717) is 0 Å². The second-order valence-electron chi connectivity index (χ2n) is 2.18. The molecule has 0 aliphatic carbocycles. The van der Waals surface area contributed by atoms with Crippen LogP contribution in [0.25, 0.3) is 0 Å². The number of nitrogens with zero attached hydrogens (tertiary/aromatic N) is 1. The van der Waals surface area contributed by atoms with Crippen molar-refractivity contribution in [2.75, 3.05) is 7.11 Å². The molecule has 0 fully saturated rings. The molecule has 0 heterocycles. The lowest BCUT2D eigenvalue weighted by molar-refractivity contribution is 0.215. The Morgan fingerprint density at radius 3 is 3.09 bits per heavy atom. The van der Waals surface area contributed by atoms with E-state index in [1.165, 1.54) is 7.11 Å². The van der Waals surface area contributed by atoms with Gasteiger partial charge in [-0.25, -0.2) is 0 Å². The molecule has 0 aromatic heterocycles. The summed E-state index contributed by atoms with van der Waals surface area (Å²) in [5, 5.41) is 3.65. The fourth-order valence-electron chi connectivity index (χ4n) is 0.778. The van der Waals surface area contributed by atoms with Crippen molar-refractivity contribution < 1.29 is 4.84 Å². The third-order valence-corrected chi connectivity index (χ3v) is 1.39. The number of hydrogen-bond acceptors (Lipinski definition) is 2. The lowest BCUT2D eigenvalue weighted by atomic mass is 10.1. The number of hydrogen-bond donors (Lipinski definition) is 0. The van der Waals surface area contributed by atoms with E-state index >= 15 is 0 Å². The predicted octanol–water partition coefficient (Wildman–Crippen LogP) is 1.78. The maximum Gasteiger partial charge on any atom is 0.106 e. The SMILES string of the molecule is CO/N=C/c1[c]cccc1C. The minimum absolute atomic E-state index is 0.967. The highest BCUT2D eigenvalue weighted by atomic mass is 16.6. The summed E-state index contributed by atoms with van der Waals surface area (Å²) in [7, 11) is 1.52. The van der Waals surface area contributed by atoms with Crippen molar-refractivity contribution >= 4 is 6.21 Å². The van der Waals surface area contributed by atoms with Gasteiger partial charge < -0.3 is 4.84 Å². The van der Waals surface area contributed by atoms with E-state index < -0.39 is 0 Å². The van der Waals surface area contributed by atoms with Crippen LogP contribution in [0.4, 0.5) is 0 Å². The van der Waals surface area contributed by atoms with Crippen molar-refractivity contribution in [3.05, 3.63) is 35.4 Å². The van der Waals surface area contributed by atoms with Gasteiger partial charge in [-0.3, -0.25) is 0 Å². The summed E-state index contributed by atoms with van der Waals surface area (Å²) in [6.07, 6.45) is 1.65. The molecule has 0 spiro atoms. The van der Waals surface area contributed by atoms with Crippen LogP contribution in [0.15, 0.2) is 23.4 Å². The van der Waals surface area contributed by atoms with Crippen LogP contribution < -0.4 is 0 Å². The van der Waals surface area contributed by atoms with E-state index in [1.54, 1.807) is 6.21 Å². The Kier molecular flexibility index (Phi) is 2.66. The second kappa shape index (κ2) is 3.76. The molecule has 0 unspecified atom stereocenters. The molecule has 1 radical (unpaired) electrons. The average Bonchev–Trinajstić information content (AvgIpc) is 2.03. The minimum Gasteiger partial charge on any atom is -0.399 e. The molecule has 2 heteroatoms. The van der Waals surface area contributed by atoms with E-state index in [-0.39, 0.29) is 0 Å². The Morgan fingerprint density at radius 1 is 1.64 bits per heavy atom. The fraction of sp³-hybridized carbons (Fsp3) is 0.222. The van der Waals surface area contributed by atoms with Gasteiger partial charge in [0.1, 0.15) is 7.11 Å². The molecule has 57 valence electrons. The topological polar surface area (TPSA) is 21.6 Å². The summed E-state index contributed by atoms with van der Waals surface area (Å²) in [5.74, 6) is 0. The van der Waals surface area contributed by atoms with E-state index in [9.17, 15) is 0 Å². The number of oxime groups is 1. The molecule has 2 nitrogen and oxygen atoms in total. The zero-order valence-electron chi connectivity index (χ0n) is 6.66. The zero-order chi connectivity index (χ0) is 8.10. The summed E-state index contributed by atoms with van der Waals surface area (Å²) in [6.45, 7) is 2.01. The smallest absolute Gasteiger partial charge is 0.106 e.